The maximum atomic E-state index is 12.0. The third kappa shape index (κ3) is 3.34. The second-order valence-corrected chi connectivity index (χ2v) is 6.10. The van der Waals surface area contributed by atoms with Crippen LogP contribution in [0.25, 0.3) is 0 Å². The minimum atomic E-state index is -0.479. The molecule has 1 atom stereocenters. The minimum absolute atomic E-state index is 0.363. The van der Waals surface area contributed by atoms with Crippen molar-refractivity contribution in [2.75, 3.05) is 0 Å². The first-order chi connectivity index (χ1) is 11.0. The number of rotatable bonds is 3. The Kier molecular flexibility index (Phi) is 4.29. The van der Waals surface area contributed by atoms with Crippen molar-refractivity contribution in [2.24, 2.45) is 5.10 Å². The molecule has 0 saturated carbocycles. The summed E-state index contributed by atoms with van der Waals surface area (Å²) in [6, 6.07) is 8.97. The van der Waals surface area contributed by atoms with E-state index >= 15 is 0 Å². The van der Waals surface area contributed by atoms with Crippen LogP contribution in [0.3, 0.4) is 0 Å². The molecule has 6 nitrogen and oxygen atoms in total. The number of hydrogen-bond acceptors (Lipinski definition) is 4. The molecule has 0 radical (unpaired) electrons. The Morgan fingerprint density at radius 3 is 2.96 bits per heavy atom. The molecule has 0 aliphatic carbocycles. The number of carbonyl (C=O) groups is 2. The van der Waals surface area contributed by atoms with Gasteiger partial charge in [-0.15, -0.1) is 0 Å². The van der Waals surface area contributed by atoms with Crippen LogP contribution in [0.2, 0.25) is 0 Å². The van der Waals surface area contributed by atoms with Gasteiger partial charge in [0.25, 0.3) is 5.91 Å². The van der Waals surface area contributed by atoms with Crippen LogP contribution in [-0.4, -0.2) is 28.7 Å². The van der Waals surface area contributed by atoms with E-state index in [9.17, 15) is 9.59 Å². The number of ether oxygens (including phenoxy) is 1. The summed E-state index contributed by atoms with van der Waals surface area (Å²) in [6.45, 7) is 1.72. The summed E-state index contributed by atoms with van der Waals surface area (Å²) in [7, 11) is 0. The average molecular weight is 376 g/mol. The first kappa shape index (κ1) is 15.5. The standard InChI is InChI=1S/C16H14BrN3O3/c1-9(19-20-15(21)13-7-11(17)8-18-13)14-6-10-4-2-3-5-12(10)16(22)23-14/h2-5,7-8,14,18H,6H2,1H3,(H,20,21)/b19-9+. The molecular weight excluding hydrogens is 362 g/mol. The quantitative estimate of drug-likeness (QED) is 0.491. The number of nitrogens with one attached hydrogen (secondary N) is 2. The van der Waals surface area contributed by atoms with Crippen LogP contribution >= 0.6 is 15.9 Å². The average Bonchev–Trinajstić information content (AvgIpc) is 2.99. The van der Waals surface area contributed by atoms with Crippen LogP contribution in [-0.2, 0) is 11.2 Å². The second kappa shape index (κ2) is 6.37. The van der Waals surface area contributed by atoms with Crippen LogP contribution < -0.4 is 5.43 Å². The molecule has 2 heterocycles. The van der Waals surface area contributed by atoms with Crippen molar-refractivity contribution in [1.82, 2.24) is 10.4 Å². The van der Waals surface area contributed by atoms with E-state index in [4.69, 9.17) is 4.74 Å². The van der Waals surface area contributed by atoms with Crippen molar-refractivity contribution in [3.63, 3.8) is 0 Å². The van der Waals surface area contributed by atoms with Crippen molar-refractivity contribution >= 4 is 33.5 Å². The number of esters is 1. The molecule has 7 heteroatoms. The van der Waals surface area contributed by atoms with Crippen molar-refractivity contribution in [2.45, 2.75) is 19.4 Å². The smallest absolute Gasteiger partial charge is 0.339 e. The lowest BCUT2D eigenvalue weighted by atomic mass is 9.97. The Morgan fingerprint density at radius 1 is 1.43 bits per heavy atom. The molecule has 1 aromatic heterocycles. The van der Waals surface area contributed by atoms with Gasteiger partial charge in [0.05, 0.1) is 11.3 Å². The molecule has 0 spiro atoms. The van der Waals surface area contributed by atoms with E-state index in [1.165, 1.54) is 0 Å². The zero-order chi connectivity index (χ0) is 16.4. The van der Waals surface area contributed by atoms with Crippen LogP contribution in [0.1, 0.15) is 33.3 Å². The number of amides is 1. The van der Waals surface area contributed by atoms with Crippen LogP contribution in [0.4, 0.5) is 0 Å². The monoisotopic (exact) mass is 375 g/mol. The fourth-order valence-electron chi connectivity index (χ4n) is 2.33. The van der Waals surface area contributed by atoms with Gasteiger partial charge in [-0.3, -0.25) is 4.79 Å². The first-order valence-corrected chi connectivity index (χ1v) is 7.81. The summed E-state index contributed by atoms with van der Waals surface area (Å²) in [5.41, 5.74) is 4.88. The van der Waals surface area contributed by atoms with Gasteiger partial charge < -0.3 is 9.72 Å². The summed E-state index contributed by atoms with van der Waals surface area (Å²) in [6.07, 6.45) is 1.72. The first-order valence-electron chi connectivity index (χ1n) is 7.02. The zero-order valence-electron chi connectivity index (χ0n) is 12.3. The molecule has 1 amide bonds. The number of cyclic esters (lactones) is 1. The van der Waals surface area contributed by atoms with Gasteiger partial charge in [0.1, 0.15) is 11.8 Å². The Hall–Kier alpha value is -2.41. The summed E-state index contributed by atoms with van der Waals surface area (Å²) < 4.78 is 6.16. The second-order valence-electron chi connectivity index (χ2n) is 5.18. The van der Waals surface area contributed by atoms with Gasteiger partial charge in [0, 0.05) is 17.1 Å². The highest BCUT2D eigenvalue weighted by Crippen LogP contribution is 2.21. The SMILES string of the molecule is C/C(=N\NC(=O)c1cc(Br)c[nH]1)C1Cc2ccccc2C(=O)O1. The summed E-state index contributed by atoms with van der Waals surface area (Å²) in [4.78, 5) is 26.7. The number of fused-ring (bicyclic) bond motifs is 1. The highest BCUT2D eigenvalue weighted by Gasteiger charge is 2.27. The normalized spacial score (nSPS) is 17.4. The van der Waals surface area contributed by atoms with Crippen molar-refractivity contribution in [1.29, 1.82) is 0 Å². The molecule has 1 aliphatic rings. The molecule has 0 bridgehead atoms. The fraction of sp³-hybridized carbons (Fsp3) is 0.188. The van der Waals surface area contributed by atoms with Gasteiger partial charge in [-0.05, 0) is 40.5 Å². The molecule has 2 N–H and O–H groups in total. The molecule has 0 saturated heterocycles. The summed E-state index contributed by atoms with van der Waals surface area (Å²) in [5.74, 6) is -0.733. The predicted octanol–water partition coefficient (Wildman–Crippen LogP) is 2.66. The van der Waals surface area contributed by atoms with Crippen LogP contribution in [0.5, 0.6) is 0 Å². The van der Waals surface area contributed by atoms with Crippen LogP contribution in [0, 0.1) is 0 Å². The number of hydrazone groups is 1. The number of halogens is 1. The molecule has 2 aromatic rings. The molecule has 1 aromatic carbocycles. The summed E-state index contributed by atoms with van der Waals surface area (Å²) >= 11 is 3.26. The Labute approximate surface area is 141 Å². The van der Waals surface area contributed by atoms with Crippen LogP contribution in [0.15, 0.2) is 46.1 Å². The number of hydrogen-bond donors (Lipinski definition) is 2. The topological polar surface area (TPSA) is 83.5 Å². The number of carbonyl (C=O) groups excluding carboxylic acids is 2. The molecule has 23 heavy (non-hydrogen) atoms. The van der Waals surface area contributed by atoms with Crippen molar-refractivity contribution in [3.8, 4) is 0 Å². The number of aromatic nitrogens is 1. The highest BCUT2D eigenvalue weighted by atomic mass is 79.9. The number of aromatic amines is 1. The molecular formula is C16H14BrN3O3. The predicted molar refractivity (Wildman–Crippen MR) is 88.4 cm³/mol. The van der Waals surface area contributed by atoms with Gasteiger partial charge in [-0.2, -0.15) is 5.10 Å². The largest absolute Gasteiger partial charge is 0.452 e. The lowest BCUT2D eigenvalue weighted by Crippen LogP contribution is -2.34. The molecule has 1 unspecified atom stereocenters. The third-order valence-corrected chi connectivity index (χ3v) is 4.04. The van der Waals surface area contributed by atoms with Gasteiger partial charge in [-0.1, -0.05) is 18.2 Å². The molecule has 3 rings (SSSR count). The van der Waals surface area contributed by atoms with Crippen molar-refractivity contribution in [3.05, 3.63) is 57.8 Å². The maximum absolute atomic E-state index is 12.0. The lowest BCUT2D eigenvalue weighted by molar-refractivity contribution is 0.0389. The summed E-state index contributed by atoms with van der Waals surface area (Å²) in [5, 5.41) is 4.05. The van der Waals surface area contributed by atoms with E-state index in [2.05, 4.69) is 31.4 Å². The van der Waals surface area contributed by atoms with E-state index in [0.717, 1.165) is 10.0 Å². The lowest BCUT2D eigenvalue weighted by Gasteiger charge is -2.24. The van der Waals surface area contributed by atoms with E-state index < -0.39 is 6.10 Å². The molecule has 1 aliphatic heterocycles. The fourth-order valence-corrected chi connectivity index (χ4v) is 2.68. The van der Waals surface area contributed by atoms with E-state index in [0.29, 0.717) is 23.4 Å². The Balaban J connectivity index is 1.70. The van der Waals surface area contributed by atoms with E-state index in [1.54, 1.807) is 31.3 Å². The number of nitrogens with zero attached hydrogens (tertiary/aromatic N) is 1. The van der Waals surface area contributed by atoms with Gasteiger partial charge >= 0.3 is 5.97 Å². The maximum Gasteiger partial charge on any atom is 0.339 e. The van der Waals surface area contributed by atoms with Gasteiger partial charge in [0.2, 0.25) is 0 Å². The van der Waals surface area contributed by atoms with Gasteiger partial charge in [0.15, 0.2) is 0 Å². The molecule has 0 fully saturated rings. The Bertz CT molecular complexity index is 797. The molecule has 118 valence electrons. The highest BCUT2D eigenvalue weighted by molar-refractivity contribution is 9.10. The zero-order valence-corrected chi connectivity index (χ0v) is 13.9. The van der Waals surface area contributed by atoms with E-state index in [1.807, 2.05) is 12.1 Å². The van der Waals surface area contributed by atoms with E-state index in [-0.39, 0.29) is 11.9 Å². The Morgan fingerprint density at radius 2 is 2.22 bits per heavy atom. The van der Waals surface area contributed by atoms with Crippen molar-refractivity contribution < 1.29 is 14.3 Å². The van der Waals surface area contributed by atoms with Gasteiger partial charge in [-0.25, -0.2) is 10.2 Å². The number of H-pyrrole nitrogens is 1. The number of benzene rings is 1. The minimum Gasteiger partial charge on any atom is -0.452 e. The third-order valence-electron chi connectivity index (χ3n) is 3.58.